The summed E-state index contributed by atoms with van der Waals surface area (Å²) in [7, 11) is 0. The summed E-state index contributed by atoms with van der Waals surface area (Å²) in [6.07, 6.45) is -2.74. The van der Waals surface area contributed by atoms with E-state index in [0.717, 1.165) is 6.07 Å². The van der Waals surface area contributed by atoms with Gasteiger partial charge in [0.2, 0.25) is 5.56 Å². The van der Waals surface area contributed by atoms with Crippen molar-refractivity contribution in [3.8, 4) is 0 Å². The summed E-state index contributed by atoms with van der Waals surface area (Å²) in [6, 6.07) is 0.804. The predicted octanol–water partition coefficient (Wildman–Crippen LogP) is 1.41. The van der Waals surface area contributed by atoms with E-state index in [9.17, 15) is 13.6 Å². The lowest BCUT2D eigenvalue weighted by Gasteiger charge is -2.06. The lowest BCUT2D eigenvalue weighted by atomic mass is 10.1. The van der Waals surface area contributed by atoms with Crippen LogP contribution in [-0.4, -0.2) is 10.1 Å². The number of pyridine rings is 1. The number of halogens is 3. The van der Waals surface area contributed by atoms with Crippen LogP contribution in [0.5, 0.6) is 0 Å². The minimum absolute atomic E-state index is 0.0789. The SMILES string of the molecule is O=c1cc(C(F)F)c(CO)c(I)[nH]1. The Hall–Kier alpha value is -0.500. The molecule has 0 bridgehead atoms. The average molecular weight is 301 g/mol. The van der Waals surface area contributed by atoms with E-state index in [1.54, 1.807) is 22.6 Å². The number of hydrogen-bond acceptors (Lipinski definition) is 2. The molecule has 0 aliphatic carbocycles. The molecule has 0 aliphatic rings. The van der Waals surface area contributed by atoms with Crippen LogP contribution < -0.4 is 5.56 Å². The maximum atomic E-state index is 12.3. The van der Waals surface area contributed by atoms with E-state index in [2.05, 4.69) is 4.98 Å². The van der Waals surface area contributed by atoms with Gasteiger partial charge in [-0.1, -0.05) is 0 Å². The molecule has 0 aliphatic heterocycles. The zero-order valence-electron chi connectivity index (χ0n) is 6.35. The Balaban J connectivity index is 3.38. The fourth-order valence-corrected chi connectivity index (χ4v) is 1.68. The number of alkyl halides is 2. The molecular formula is C7H6F2INO2. The molecule has 1 heterocycles. The number of aliphatic hydroxyl groups excluding tert-OH is 1. The standard InChI is InChI=1S/C7H6F2INO2/c8-6(9)3-1-5(13)11-7(10)4(3)2-12/h1,6,12H,2H2,(H,11,13). The number of aromatic nitrogens is 1. The van der Waals surface area contributed by atoms with E-state index in [4.69, 9.17) is 5.11 Å². The van der Waals surface area contributed by atoms with Crippen molar-refractivity contribution in [2.75, 3.05) is 0 Å². The molecule has 0 unspecified atom stereocenters. The van der Waals surface area contributed by atoms with Crippen LogP contribution in [0, 0.1) is 3.70 Å². The molecule has 3 nitrogen and oxygen atoms in total. The topological polar surface area (TPSA) is 53.1 Å². The number of hydrogen-bond donors (Lipinski definition) is 2. The second-order valence-corrected chi connectivity index (χ2v) is 3.42. The summed E-state index contributed by atoms with van der Waals surface area (Å²) >= 11 is 1.70. The van der Waals surface area contributed by atoms with Crippen LogP contribution in [0.3, 0.4) is 0 Å². The fourth-order valence-electron chi connectivity index (χ4n) is 0.930. The van der Waals surface area contributed by atoms with Crippen LogP contribution in [0.4, 0.5) is 8.78 Å². The number of nitrogens with one attached hydrogen (secondary N) is 1. The van der Waals surface area contributed by atoms with Gasteiger partial charge in [-0.2, -0.15) is 0 Å². The molecule has 0 saturated heterocycles. The van der Waals surface area contributed by atoms with E-state index < -0.39 is 24.2 Å². The molecule has 1 aromatic rings. The maximum Gasteiger partial charge on any atom is 0.264 e. The summed E-state index contributed by atoms with van der Waals surface area (Å²) in [5.74, 6) is 0. The van der Waals surface area contributed by atoms with E-state index in [-0.39, 0.29) is 9.26 Å². The maximum absolute atomic E-state index is 12.3. The van der Waals surface area contributed by atoms with Crippen molar-refractivity contribution in [1.29, 1.82) is 0 Å². The van der Waals surface area contributed by atoms with Gasteiger partial charge in [0.1, 0.15) is 0 Å². The van der Waals surface area contributed by atoms with Crippen LogP contribution in [0.25, 0.3) is 0 Å². The Morgan fingerprint density at radius 3 is 2.69 bits per heavy atom. The molecule has 0 aromatic carbocycles. The highest BCUT2D eigenvalue weighted by atomic mass is 127. The number of rotatable bonds is 2. The van der Waals surface area contributed by atoms with Gasteiger partial charge in [-0.15, -0.1) is 0 Å². The lowest BCUT2D eigenvalue weighted by molar-refractivity contribution is 0.146. The second-order valence-electron chi connectivity index (χ2n) is 2.34. The third kappa shape index (κ3) is 2.25. The minimum atomic E-state index is -2.74. The highest BCUT2D eigenvalue weighted by Crippen LogP contribution is 2.23. The minimum Gasteiger partial charge on any atom is -0.392 e. The Bertz CT molecular complexity index is 364. The van der Waals surface area contributed by atoms with Gasteiger partial charge in [0.05, 0.1) is 10.3 Å². The largest absolute Gasteiger partial charge is 0.392 e. The summed E-state index contributed by atoms with van der Waals surface area (Å²) in [5, 5.41) is 8.78. The first kappa shape index (κ1) is 10.6. The quantitative estimate of drug-likeness (QED) is 0.641. The molecular weight excluding hydrogens is 295 g/mol. The predicted molar refractivity (Wildman–Crippen MR) is 50.7 cm³/mol. The van der Waals surface area contributed by atoms with Gasteiger partial charge < -0.3 is 10.1 Å². The molecule has 0 saturated carbocycles. The summed E-state index contributed by atoms with van der Waals surface area (Å²) in [5.41, 5.74) is -0.914. The lowest BCUT2D eigenvalue weighted by Crippen LogP contribution is -2.12. The Kier molecular flexibility index (Phi) is 3.37. The van der Waals surface area contributed by atoms with Crippen LogP contribution >= 0.6 is 22.6 Å². The van der Waals surface area contributed by atoms with Gasteiger partial charge in [0.25, 0.3) is 6.43 Å². The Labute approximate surface area is 85.9 Å². The van der Waals surface area contributed by atoms with Crippen molar-refractivity contribution in [3.05, 3.63) is 31.2 Å². The zero-order valence-corrected chi connectivity index (χ0v) is 8.51. The molecule has 0 atom stereocenters. The number of aromatic amines is 1. The zero-order chi connectivity index (χ0) is 10.0. The summed E-state index contributed by atoms with van der Waals surface area (Å²) in [4.78, 5) is 13.1. The van der Waals surface area contributed by atoms with Crippen molar-refractivity contribution in [3.63, 3.8) is 0 Å². The van der Waals surface area contributed by atoms with E-state index in [1.165, 1.54) is 0 Å². The average Bonchev–Trinajstić information content (AvgIpc) is 2.02. The van der Waals surface area contributed by atoms with Crippen LogP contribution in [0.15, 0.2) is 10.9 Å². The van der Waals surface area contributed by atoms with Crippen molar-refractivity contribution >= 4 is 22.6 Å². The molecule has 0 amide bonds. The third-order valence-electron chi connectivity index (χ3n) is 1.53. The van der Waals surface area contributed by atoms with Gasteiger partial charge in [-0.25, -0.2) is 8.78 Å². The normalized spacial score (nSPS) is 10.8. The first-order valence-corrected chi connectivity index (χ1v) is 4.44. The van der Waals surface area contributed by atoms with Crippen molar-refractivity contribution in [1.82, 2.24) is 4.98 Å². The van der Waals surface area contributed by atoms with E-state index >= 15 is 0 Å². The van der Waals surface area contributed by atoms with Gasteiger partial charge >= 0.3 is 0 Å². The van der Waals surface area contributed by atoms with E-state index in [0.29, 0.717) is 0 Å². The molecule has 6 heteroatoms. The summed E-state index contributed by atoms with van der Waals surface area (Å²) < 4.78 is 24.9. The van der Waals surface area contributed by atoms with Crippen molar-refractivity contribution in [2.24, 2.45) is 0 Å². The van der Waals surface area contributed by atoms with Gasteiger partial charge in [0.15, 0.2) is 0 Å². The van der Waals surface area contributed by atoms with Crippen LogP contribution in [-0.2, 0) is 6.61 Å². The molecule has 13 heavy (non-hydrogen) atoms. The molecule has 1 aromatic heterocycles. The Morgan fingerprint density at radius 1 is 1.62 bits per heavy atom. The van der Waals surface area contributed by atoms with Crippen LogP contribution in [0.2, 0.25) is 0 Å². The summed E-state index contributed by atoms with van der Waals surface area (Å²) in [6.45, 7) is -0.505. The second kappa shape index (κ2) is 4.14. The molecule has 1 rings (SSSR count). The highest BCUT2D eigenvalue weighted by molar-refractivity contribution is 14.1. The monoisotopic (exact) mass is 301 g/mol. The first-order chi connectivity index (χ1) is 6.06. The molecule has 0 radical (unpaired) electrons. The van der Waals surface area contributed by atoms with Gasteiger partial charge in [-0.3, -0.25) is 4.79 Å². The first-order valence-electron chi connectivity index (χ1n) is 3.37. The smallest absolute Gasteiger partial charge is 0.264 e. The molecule has 2 N–H and O–H groups in total. The highest BCUT2D eigenvalue weighted by Gasteiger charge is 2.15. The molecule has 0 fully saturated rings. The number of aliphatic hydroxyl groups is 1. The van der Waals surface area contributed by atoms with Crippen LogP contribution in [0.1, 0.15) is 17.6 Å². The molecule has 72 valence electrons. The van der Waals surface area contributed by atoms with Crippen molar-refractivity contribution in [2.45, 2.75) is 13.0 Å². The third-order valence-corrected chi connectivity index (χ3v) is 2.45. The molecule has 0 spiro atoms. The van der Waals surface area contributed by atoms with Gasteiger partial charge in [-0.05, 0) is 22.6 Å². The van der Waals surface area contributed by atoms with E-state index in [1.807, 2.05) is 0 Å². The van der Waals surface area contributed by atoms with Gasteiger partial charge in [0, 0.05) is 17.2 Å². The Morgan fingerprint density at radius 2 is 2.23 bits per heavy atom. The number of H-pyrrole nitrogens is 1. The van der Waals surface area contributed by atoms with Crippen molar-refractivity contribution < 1.29 is 13.9 Å². The fraction of sp³-hybridized carbons (Fsp3) is 0.286.